The van der Waals surface area contributed by atoms with Crippen molar-refractivity contribution in [2.45, 2.75) is 39.5 Å². The van der Waals surface area contributed by atoms with Crippen LogP contribution in [-0.2, 0) is 24.1 Å². The number of carbonyl (C=O) groups excluding carboxylic acids is 1. The van der Waals surface area contributed by atoms with Crippen LogP contribution in [0.4, 0.5) is 19.0 Å². The zero-order chi connectivity index (χ0) is 22.1. The Kier molecular flexibility index (Phi) is 6.71. The van der Waals surface area contributed by atoms with E-state index in [0.29, 0.717) is 22.5 Å². The molecule has 0 saturated heterocycles. The lowest BCUT2D eigenvalue weighted by Gasteiger charge is -2.06. The first kappa shape index (κ1) is 22.5. The number of hydrogen-bond acceptors (Lipinski definition) is 3. The highest BCUT2D eigenvalue weighted by Gasteiger charge is 2.37. The van der Waals surface area contributed by atoms with Crippen molar-refractivity contribution in [3.8, 4) is 0 Å². The average molecular weight is 549 g/mol. The van der Waals surface area contributed by atoms with E-state index in [-0.39, 0.29) is 23.3 Å². The van der Waals surface area contributed by atoms with Gasteiger partial charge in [-0.2, -0.15) is 23.4 Å². The van der Waals surface area contributed by atoms with Crippen LogP contribution in [0.5, 0.6) is 0 Å². The molecule has 1 amide bonds. The Morgan fingerprint density at radius 3 is 2.40 bits per heavy atom. The van der Waals surface area contributed by atoms with Crippen molar-refractivity contribution in [3.05, 3.63) is 61.9 Å². The third kappa shape index (κ3) is 5.31. The molecule has 0 radical (unpaired) electrons. The molecule has 0 spiro atoms. The van der Waals surface area contributed by atoms with Crippen LogP contribution in [0.25, 0.3) is 0 Å². The number of amides is 1. The van der Waals surface area contributed by atoms with Gasteiger partial charge in [-0.15, -0.1) is 0 Å². The van der Waals surface area contributed by atoms with E-state index in [2.05, 4.69) is 47.4 Å². The van der Waals surface area contributed by atoms with E-state index >= 15 is 0 Å². The number of carbonyl (C=O) groups is 1. The zero-order valence-electron chi connectivity index (χ0n) is 16.1. The number of hydrogen-bond donors (Lipinski definition) is 1. The predicted octanol–water partition coefficient (Wildman–Crippen LogP) is 5.32. The molecule has 160 valence electrons. The molecule has 0 saturated carbocycles. The Balaban J connectivity index is 1.62. The summed E-state index contributed by atoms with van der Waals surface area (Å²) in [5.74, 6) is -0.0303. The van der Waals surface area contributed by atoms with Crippen molar-refractivity contribution < 1.29 is 18.0 Å². The van der Waals surface area contributed by atoms with Gasteiger partial charge in [-0.05, 0) is 51.3 Å². The molecule has 0 aliphatic rings. The second-order valence-corrected chi connectivity index (χ2v) is 8.42. The lowest BCUT2D eigenvalue weighted by Crippen LogP contribution is -2.17. The Bertz CT molecular complexity index is 1060. The number of halogens is 5. The molecule has 0 fully saturated rings. The van der Waals surface area contributed by atoms with Crippen molar-refractivity contribution in [1.29, 1.82) is 0 Å². The van der Waals surface area contributed by atoms with Gasteiger partial charge in [-0.1, -0.05) is 29.8 Å². The van der Waals surface area contributed by atoms with Gasteiger partial charge in [0.15, 0.2) is 11.5 Å². The first-order valence-electron chi connectivity index (χ1n) is 8.93. The van der Waals surface area contributed by atoms with E-state index in [1.807, 2.05) is 31.2 Å². The van der Waals surface area contributed by atoms with Gasteiger partial charge in [0.25, 0.3) is 0 Å². The van der Waals surface area contributed by atoms with Crippen LogP contribution in [0.15, 0.2) is 39.4 Å². The topological polar surface area (TPSA) is 64.7 Å². The lowest BCUT2D eigenvalue weighted by atomic mass is 10.1. The van der Waals surface area contributed by atoms with E-state index < -0.39 is 11.9 Å². The quantitative estimate of drug-likeness (QED) is 0.453. The van der Waals surface area contributed by atoms with Crippen molar-refractivity contribution in [1.82, 2.24) is 19.6 Å². The van der Waals surface area contributed by atoms with E-state index in [1.54, 1.807) is 10.9 Å². The van der Waals surface area contributed by atoms with Crippen LogP contribution in [0, 0.1) is 13.8 Å². The minimum atomic E-state index is -4.56. The van der Waals surface area contributed by atoms with E-state index in [0.717, 1.165) is 15.8 Å². The van der Waals surface area contributed by atoms with Gasteiger partial charge in [0.2, 0.25) is 5.91 Å². The molecule has 2 aromatic heterocycles. The molecule has 2 heterocycles. The number of benzene rings is 1. The normalized spacial score (nSPS) is 11.7. The molecule has 1 N–H and O–H groups in total. The Morgan fingerprint density at radius 1 is 1.13 bits per heavy atom. The lowest BCUT2D eigenvalue weighted by molar-refractivity contribution is -0.142. The van der Waals surface area contributed by atoms with Gasteiger partial charge in [-0.3, -0.25) is 14.2 Å². The third-order valence-electron chi connectivity index (χ3n) is 4.39. The van der Waals surface area contributed by atoms with Gasteiger partial charge < -0.3 is 5.32 Å². The summed E-state index contributed by atoms with van der Waals surface area (Å²) in [4.78, 5) is 12.3. The fraction of sp³-hybridized carbons (Fsp3) is 0.316. The number of anilines is 1. The fourth-order valence-electron chi connectivity index (χ4n) is 2.77. The number of nitrogens with zero attached hydrogens (tertiary/aromatic N) is 4. The molecule has 11 heteroatoms. The monoisotopic (exact) mass is 547 g/mol. The molecule has 30 heavy (non-hydrogen) atoms. The van der Waals surface area contributed by atoms with Gasteiger partial charge in [0, 0.05) is 12.6 Å². The molecular weight excluding hydrogens is 531 g/mol. The standard InChI is InChI=1S/C19H18Br2F3N5O/c1-11-3-5-13(6-4-11)9-28-10-14(20)18(27-28)25-15(30)7-8-29-12(2)16(21)17(26-29)19(22,23)24/h3-6,10H,7-9H2,1-2H3,(H,25,27,30). The first-order chi connectivity index (χ1) is 14.0. The summed E-state index contributed by atoms with van der Waals surface area (Å²) in [5.41, 5.74) is 1.53. The average Bonchev–Trinajstić information content (AvgIpc) is 3.15. The summed E-state index contributed by atoms with van der Waals surface area (Å²) in [7, 11) is 0. The summed E-state index contributed by atoms with van der Waals surface area (Å²) in [5, 5.41) is 10.6. The molecule has 0 aliphatic heterocycles. The maximum absolute atomic E-state index is 13.0. The van der Waals surface area contributed by atoms with Crippen molar-refractivity contribution in [3.63, 3.8) is 0 Å². The third-order valence-corrected chi connectivity index (χ3v) is 5.92. The van der Waals surface area contributed by atoms with Crippen LogP contribution >= 0.6 is 31.9 Å². The van der Waals surface area contributed by atoms with E-state index in [1.165, 1.54) is 6.92 Å². The minimum absolute atomic E-state index is 0.00798. The van der Waals surface area contributed by atoms with Crippen molar-refractivity contribution in [2.24, 2.45) is 0 Å². The molecule has 0 unspecified atom stereocenters. The summed E-state index contributed by atoms with van der Waals surface area (Å²) < 4.78 is 42.2. The minimum Gasteiger partial charge on any atom is -0.308 e. The highest BCUT2D eigenvalue weighted by molar-refractivity contribution is 9.11. The van der Waals surface area contributed by atoms with Crippen LogP contribution in [-0.4, -0.2) is 25.5 Å². The van der Waals surface area contributed by atoms with Crippen LogP contribution in [0.2, 0.25) is 0 Å². The number of aromatic nitrogens is 4. The highest BCUT2D eigenvalue weighted by atomic mass is 79.9. The van der Waals surface area contributed by atoms with Gasteiger partial charge >= 0.3 is 6.18 Å². The zero-order valence-corrected chi connectivity index (χ0v) is 19.3. The van der Waals surface area contributed by atoms with Gasteiger partial charge in [0.05, 0.1) is 27.7 Å². The summed E-state index contributed by atoms with van der Waals surface area (Å²) in [6.45, 7) is 4.06. The van der Waals surface area contributed by atoms with Crippen LogP contribution < -0.4 is 5.32 Å². The predicted molar refractivity (Wildman–Crippen MR) is 113 cm³/mol. The van der Waals surface area contributed by atoms with Crippen LogP contribution in [0.3, 0.4) is 0 Å². The van der Waals surface area contributed by atoms with E-state index in [4.69, 9.17) is 0 Å². The molecule has 0 aliphatic carbocycles. The highest BCUT2D eigenvalue weighted by Crippen LogP contribution is 2.35. The summed E-state index contributed by atoms with van der Waals surface area (Å²) in [6, 6.07) is 8.03. The van der Waals surface area contributed by atoms with Crippen LogP contribution in [0.1, 0.15) is 28.9 Å². The Hall–Kier alpha value is -2.14. The maximum atomic E-state index is 13.0. The Morgan fingerprint density at radius 2 is 1.80 bits per heavy atom. The van der Waals surface area contributed by atoms with Gasteiger partial charge in [-0.25, -0.2) is 0 Å². The number of rotatable bonds is 6. The SMILES string of the molecule is Cc1ccc(Cn2cc(Br)c(NC(=O)CCn3nc(C(F)(F)F)c(Br)c3C)n2)cc1. The van der Waals surface area contributed by atoms with E-state index in [9.17, 15) is 18.0 Å². The molecule has 0 atom stereocenters. The fourth-order valence-corrected chi connectivity index (χ4v) is 3.69. The smallest absolute Gasteiger partial charge is 0.308 e. The second kappa shape index (κ2) is 8.93. The molecule has 3 rings (SSSR count). The molecule has 0 bridgehead atoms. The maximum Gasteiger partial charge on any atom is 0.436 e. The molecule has 6 nitrogen and oxygen atoms in total. The Labute approximate surface area is 187 Å². The van der Waals surface area contributed by atoms with Gasteiger partial charge in [0.1, 0.15) is 0 Å². The number of aryl methyl sites for hydroxylation is 2. The summed E-state index contributed by atoms with van der Waals surface area (Å²) >= 11 is 6.28. The number of nitrogens with one attached hydrogen (secondary N) is 1. The first-order valence-corrected chi connectivity index (χ1v) is 10.5. The van der Waals surface area contributed by atoms with Crippen molar-refractivity contribution in [2.75, 3.05) is 5.32 Å². The molecule has 3 aromatic rings. The molecular formula is C19H18Br2F3N5O. The number of alkyl halides is 3. The molecule has 1 aromatic carbocycles. The summed E-state index contributed by atoms with van der Waals surface area (Å²) in [6.07, 6.45) is -2.87. The van der Waals surface area contributed by atoms with Crippen molar-refractivity contribution >= 4 is 43.6 Å². The largest absolute Gasteiger partial charge is 0.436 e. The second-order valence-electron chi connectivity index (χ2n) is 6.78.